The van der Waals surface area contributed by atoms with Crippen LogP contribution in [0.5, 0.6) is 0 Å². The van der Waals surface area contributed by atoms with Crippen molar-refractivity contribution in [2.75, 3.05) is 99.3 Å². The fourth-order valence-electron chi connectivity index (χ4n) is 12.6. The van der Waals surface area contributed by atoms with Gasteiger partial charge >= 0.3 is 5.97 Å². The Bertz CT molecular complexity index is 3060. The summed E-state index contributed by atoms with van der Waals surface area (Å²) in [6.45, 7) is 34.5. The second-order valence-electron chi connectivity index (χ2n) is 30.2. The average molecular weight is 1440 g/mol. The standard InChI is InChI=1S/C73H124N14O15/c1-24-52-69(96)81(18)39-58(88)82(19)54(33-40(2)3)65(92)79-59(44(10)11)72(99)83(20)55(34-41(4)5)64(91)76-48(16)63(90)77-49(17)68(95)84(21)56(35-42(6)7)70(97)85(22)57(36-43(8)9)71(98)86(23)61(45(12)13)67(94)80-60(66(93)78-52)62(89)46(14)37-47(15)75-53-26-25-50(38-51(53)74)73(100)102-32-29-87-27-30-101-31-28-87/h25-26,38,40-46,48-49,52,54-57,59-62,75,89H,15,24,27-37,39,74H2,1-14,16-23H3,(H,76,91)(H,77,90)(H,78,93)(H,79,92)(H,80,94)/t46-,48+,49-,52+,54+,55+,56+,57+,59+,60+,61+,62-/m1/s1. The lowest BCUT2D eigenvalue weighted by Gasteiger charge is -2.40. The quantitative estimate of drug-likeness (QED) is 0.0648. The van der Waals surface area contributed by atoms with Gasteiger partial charge in [-0.25, -0.2) is 4.79 Å². The molecule has 576 valence electrons. The first-order chi connectivity index (χ1) is 47.5. The van der Waals surface area contributed by atoms with Gasteiger partial charge < -0.3 is 81.6 Å². The highest BCUT2D eigenvalue weighted by Gasteiger charge is 2.44. The van der Waals surface area contributed by atoms with Gasteiger partial charge in [-0.2, -0.15) is 0 Å². The summed E-state index contributed by atoms with van der Waals surface area (Å²) in [5.41, 5.74) is 7.49. The number of aliphatic hydroxyl groups excluding tert-OH is 1. The lowest BCUT2D eigenvalue weighted by molar-refractivity contribution is -0.154. The van der Waals surface area contributed by atoms with E-state index in [9.17, 15) is 43.5 Å². The number of morpholine rings is 1. The van der Waals surface area contributed by atoms with E-state index in [1.807, 2.05) is 55.4 Å². The fraction of sp³-hybridized carbons (Fsp3) is 0.726. The molecule has 0 bridgehead atoms. The Morgan fingerprint density at radius 2 is 1.07 bits per heavy atom. The van der Waals surface area contributed by atoms with Gasteiger partial charge in [-0.05, 0) is 112 Å². The van der Waals surface area contributed by atoms with Crippen molar-refractivity contribution in [2.24, 2.45) is 41.4 Å². The van der Waals surface area contributed by atoms with Crippen molar-refractivity contribution >= 4 is 82.3 Å². The number of allylic oxidation sites excluding steroid dienone is 1. The largest absolute Gasteiger partial charge is 0.461 e. The Balaban J connectivity index is 2.23. The topological polar surface area (TPSA) is 364 Å². The normalized spacial score (nSPS) is 25.1. The smallest absolute Gasteiger partial charge is 0.338 e. The molecule has 1 aromatic rings. The molecule has 11 amide bonds. The molecule has 3 rings (SSSR count). The molecule has 29 heteroatoms. The molecule has 29 nitrogen and oxygen atoms in total. The van der Waals surface area contributed by atoms with Crippen LogP contribution in [0.4, 0.5) is 11.4 Å². The van der Waals surface area contributed by atoms with Crippen molar-refractivity contribution in [1.29, 1.82) is 0 Å². The van der Waals surface area contributed by atoms with E-state index in [0.29, 0.717) is 31.1 Å². The number of carbonyl (C=O) groups excluding carboxylic acids is 12. The Morgan fingerprint density at radius 1 is 0.588 bits per heavy atom. The number of esters is 1. The Kier molecular flexibility index (Phi) is 35.3. The molecule has 9 N–H and O–H groups in total. The zero-order valence-electron chi connectivity index (χ0n) is 64.9. The second-order valence-corrected chi connectivity index (χ2v) is 30.2. The summed E-state index contributed by atoms with van der Waals surface area (Å²) in [6, 6.07) is -8.51. The van der Waals surface area contributed by atoms with Crippen LogP contribution in [0.15, 0.2) is 30.5 Å². The van der Waals surface area contributed by atoms with Crippen LogP contribution >= 0.6 is 0 Å². The molecule has 2 heterocycles. The first-order valence-corrected chi connectivity index (χ1v) is 36.1. The number of anilines is 2. The number of nitrogens with two attached hydrogens (primary N) is 1. The number of carbonyl (C=O) groups is 12. The maximum atomic E-state index is 15.3. The number of likely N-dealkylation sites (N-methyl/N-ethyl adjacent to an activating group) is 6. The van der Waals surface area contributed by atoms with Crippen molar-refractivity contribution in [3.8, 4) is 0 Å². The molecular weight excluding hydrogens is 1310 g/mol. The number of nitrogens with zero attached hydrogens (tertiary/aromatic N) is 7. The number of ether oxygens (including phenoxy) is 2. The van der Waals surface area contributed by atoms with E-state index in [1.165, 1.54) is 92.8 Å². The number of aliphatic hydroxyl groups is 1. The molecule has 0 spiro atoms. The SMILES string of the molecule is C=C(C[C@@H](C)[C@@H](O)[C@@H]1NC(=O)[C@H](C(C)C)N(C)C(=O)[C@H](CC(C)C)N(C)C(=O)[C@H](CC(C)C)N(C)C(=O)[C@@H](C)NC(=O)[C@H](C)NC(=O)[C@H](CC(C)C)N(C)C(=O)[C@H](C(C)C)NC(=O)[C@H](CC(C)C)N(C)C(=O)CN(C)C(=O)[C@H](CC)NC1=O)Nc1ccc(C(=O)OCCN2CCOCC2)cc1N. The highest BCUT2D eigenvalue weighted by atomic mass is 16.5. The van der Waals surface area contributed by atoms with Crippen LogP contribution in [0.2, 0.25) is 0 Å². The molecule has 2 aliphatic heterocycles. The van der Waals surface area contributed by atoms with Crippen LogP contribution in [0.25, 0.3) is 0 Å². The third-order valence-corrected chi connectivity index (χ3v) is 18.8. The van der Waals surface area contributed by atoms with Crippen LogP contribution in [-0.2, 0) is 62.2 Å². The summed E-state index contributed by atoms with van der Waals surface area (Å²) in [5.74, 6) is -11.5. The molecule has 0 saturated carbocycles. The third kappa shape index (κ3) is 25.5. The molecule has 2 aliphatic rings. The Hall–Kier alpha value is -7.92. The van der Waals surface area contributed by atoms with Gasteiger partial charge in [-0.3, -0.25) is 57.6 Å². The zero-order chi connectivity index (χ0) is 77.6. The minimum atomic E-state index is -1.84. The van der Waals surface area contributed by atoms with Crippen LogP contribution in [-0.4, -0.2) is 265 Å². The molecule has 0 radical (unpaired) electrons. The summed E-state index contributed by atoms with van der Waals surface area (Å²) in [4.78, 5) is 184. The number of benzene rings is 1. The van der Waals surface area contributed by atoms with E-state index in [1.54, 1.807) is 47.6 Å². The molecule has 1 aromatic carbocycles. The van der Waals surface area contributed by atoms with Gasteiger partial charge in [0.25, 0.3) is 0 Å². The molecule has 2 saturated heterocycles. The van der Waals surface area contributed by atoms with Gasteiger partial charge in [0.15, 0.2) is 0 Å². The first-order valence-electron chi connectivity index (χ1n) is 36.1. The van der Waals surface area contributed by atoms with Crippen LogP contribution < -0.4 is 37.6 Å². The Labute approximate surface area is 605 Å². The van der Waals surface area contributed by atoms with Crippen molar-refractivity contribution in [3.05, 3.63) is 36.0 Å². The first kappa shape index (κ1) is 88.3. The molecule has 0 aromatic heterocycles. The van der Waals surface area contributed by atoms with E-state index in [2.05, 4.69) is 43.4 Å². The van der Waals surface area contributed by atoms with E-state index in [4.69, 9.17) is 15.2 Å². The van der Waals surface area contributed by atoms with Crippen LogP contribution in [0, 0.1) is 41.4 Å². The van der Waals surface area contributed by atoms with E-state index in [-0.39, 0.29) is 80.1 Å². The van der Waals surface area contributed by atoms with Crippen LogP contribution in [0.1, 0.15) is 160 Å². The summed E-state index contributed by atoms with van der Waals surface area (Å²) in [6.07, 6.45) is -1.38. The van der Waals surface area contributed by atoms with E-state index < -0.39 is 162 Å². The number of amides is 11. The maximum absolute atomic E-state index is 15.3. The van der Waals surface area contributed by atoms with Gasteiger partial charge in [0.05, 0.1) is 42.8 Å². The molecule has 12 atom stereocenters. The fourth-order valence-corrected chi connectivity index (χ4v) is 12.6. The van der Waals surface area contributed by atoms with Gasteiger partial charge in [0, 0.05) is 67.6 Å². The maximum Gasteiger partial charge on any atom is 0.338 e. The average Bonchev–Trinajstić information content (AvgIpc) is 0.814. The molecular formula is C73H124N14O15. The summed E-state index contributed by atoms with van der Waals surface area (Å²) in [7, 11) is 8.40. The predicted molar refractivity (Wildman–Crippen MR) is 390 cm³/mol. The van der Waals surface area contributed by atoms with Crippen molar-refractivity contribution in [3.63, 3.8) is 0 Å². The minimum absolute atomic E-state index is 0.0484. The number of hydrogen-bond acceptors (Lipinski definition) is 18. The number of nitrogens with one attached hydrogen (secondary N) is 6. The Morgan fingerprint density at radius 3 is 1.58 bits per heavy atom. The van der Waals surface area contributed by atoms with Crippen molar-refractivity contribution < 1.29 is 72.1 Å². The highest BCUT2D eigenvalue weighted by Crippen LogP contribution is 2.28. The van der Waals surface area contributed by atoms with E-state index >= 15 is 19.2 Å². The zero-order valence-corrected chi connectivity index (χ0v) is 64.9. The lowest BCUT2D eigenvalue weighted by Crippen LogP contribution is -2.63. The lowest BCUT2D eigenvalue weighted by atomic mass is 9.91. The highest BCUT2D eigenvalue weighted by molar-refractivity contribution is 6.00. The van der Waals surface area contributed by atoms with Crippen molar-refractivity contribution in [2.45, 2.75) is 216 Å². The predicted octanol–water partition coefficient (Wildman–Crippen LogP) is 3.05. The number of nitrogen functional groups attached to an aromatic ring is 1. The van der Waals surface area contributed by atoms with Gasteiger partial charge in [0.2, 0.25) is 65.0 Å². The molecule has 102 heavy (non-hydrogen) atoms. The van der Waals surface area contributed by atoms with Gasteiger partial charge in [-0.1, -0.05) is 104 Å². The van der Waals surface area contributed by atoms with Crippen molar-refractivity contribution in [1.82, 2.24) is 60.9 Å². The molecule has 0 aliphatic carbocycles. The molecule has 2 fully saturated rings. The third-order valence-electron chi connectivity index (χ3n) is 18.8. The second kappa shape index (κ2) is 40.8. The monoisotopic (exact) mass is 1440 g/mol. The van der Waals surface area contributed by atoms with Gasteiger partial charge in [-0.15, -0.1) is 0 Å². The number of hydrogen-bond donors (Lipinski definition) is 8. The van der Waals surface area contributed by atoms with E-state index in [0.717, 1.165) is 18.0 Å². The number of rotatable bonds is 21. The summed E-state index contributed by atoms with van der Waals surface area (Å²) >= 11 is 0. The molecule has 0 unspecified atom stereocenters. The summed E-state index contributed by atoms with van der Waals surface area (Å²) in [5, 5.41) is 29.2. The van der Waals surface area contributed by atoms with Crippen LogP contribution in [0.3, 0.4) is 0 Å². The summed E-state index contributed by atoms with van der Waals surface area (Å²) < 4.78 is 10.9. The minimum Gasteiger partial charge on any atom is -0.461 e. The van der Waals surface area contributed by atoms with Gasteiger partial charge in [0.1, 0.15) is 67.0 Å².